The molecule has 5 nitrogen and oxygen atoms in total. The molecule has 0 spiro atoms. The van der Waals surface area contributed by atoms with E-state index in [9.17, 15) is 9.59 Å². The lowest BCUT2D eigenvalue weighted by molar-refractivity contribution is -0.118. The highest BCUT2D eigenvalue weighted by molar-refractivity contribution is 5.79. The van der Waals surface area contributed by atoms with Crippen LogP contribution in [0.4, 0.5) is 0 Å². The van der Waals surface area contributed by atoms with Crippen LogP contribution in [0.1, 0.15) is 12.8 Å². The predicted octanol–water partition coefficient (Wildman–Crippen LogP) is 1.17. The summed E-state index contributed by atoms with van der Waals surface area (Å²) in [6, 6.07) is 8.63. The lowest BCUT2D eigenvalue weighted by atomic mass is 10.2. The van der Waals surface area contributed by atoms with Crippen molar-refractivity contribution >= 4 is 16.8 Å². The van der Waals surface area contributed by atoms with Crippen LogP contribution in [-0.2, 0) is 4.79 Å². The van der Waals surface area contributed by atoms with Gasteiger partial charge in [0.1, 0.15) is 5.75 Å². The third-order valence-corrected chi connectivity index (χ3v) is 2.53. The Morgan fingerprint density at radius 1 is 1.28 bits per heavy atom. The first-order valence-electron chi connectivity index (χ1n) is 5.69. The van der Waals surface area contributed by atoms with Crippen molar-refractivity contribution in [2.24, 2.45) is 5.73 Å². The second kappa shape index (κ2) is 5.35. The molecule has 1 heterocycles. The molecule has 1 amide bonds. The van der Waals surface area contributed by atoms with Gasteiger partial charge in [-0.15, -0.1) is 0 Å². The summed E-state index contributed by atoms with van der Waals surface area (Å²) in [4.78, 5) is 24.4. The van der Waals surface area contributed by atoms with Gasteiger partial charge in [-0.2, -0.15) is 0 Å². The number of amides is 1. The number of benzene rings is 1. The van der Waals surface area contributed by atoms with Gasteiger partial charge in [-0.05, 0) is 30.7 Å². The first-order valence-corrected chi connectivity index (χ1v) is 5.69. The zero-order valence-corrected chi connectivity index (χ0v) is 9.81. The fourth-order valence-corrected chi connectivity index (χ4v) is 1.66. The van der Waals surface area contributed by atoms with E-state index in [4.69, 9.17) is 10.5 Å². The average Bonchev–Trinajstić information content (AvgIpc) is 2.34. The second-order valence-electron chi connectivity index (χ2n) is 3.99. The molecule has 0 unspecified atom stereocenters. The van der Waals surface area contributed by atoms with Gasteiger partial charge in [0.25, 0.3) is 0 Å². The molecule has 2 aromatic rings. The van der Waals surface area contributed by atoms with Crippen LogP contribution in [0.15, 0.2) is 35.1 Å². The van der Waals surface area contributed by atoms with Crippen molar-refractivity contribution in [3.05, 3.63) is 40.7 Å². The lowest BCUT2D eigenvalue weighted by Crippen LogP contribution is -2.11. The number of hydrogen-bond donors (Lipinski definition) is 2. The van der Waals surface area contributed by atoms with Crippen molar-refractivity contribution in [1.82, 2.24) is 4.98 Å². The van der Waals surface area contributed by atoms with E-state index in [-0.39, 0.29) is 11.5 Å². The zero-order valence-electron chi connectivity index (χ0n) is 9.81. The number of primary amides is 1. The molecule has 94 valence electrons. The molecule has 0 bridgehead atoms. The van der Waals surface area contributed by atoms with E-state index in [0.717, 1.165) is 10.9 Å². The van der Waals surface area contributed by atoms with Crippen molar-refractivity contribution in [2.45, 2.75) is 12.8 Å². The van der Waals surface area contributed by atoms with Gasteiger partial charge in [0.2, 0.25) is 11.5 Å². The number of carbonyl (C=O) groups excluding carboxylic acids is 1. The molecule has 0 radical (unpaired) electrons. The van der Waals surface area contributed by atoms with Crippen molar-refractivity contribution in [2.75, 3.05) is 6.61 Å². The number of rotatable bonds is 5. The largest absolute Gasteiger partial charge is 0.494 e. The van der Waals surface area contributed by atoms with E-state index >= 15 is 0 Å². The first-order chi connectivity index (χ1) is 8.65. The van der Waals surface area contributed by atoms with E-state index in [1.165, 1.54) is 6.07 Å². The minimum atomic E-state index is -0.324. The molecule has 0 atom stereocenters. The smallest absolute Gasteiger partial charge is 0.248 e. The molecule has 0 saturated heterocycles. The molecule has 1 aromatic carbocycles. The maximum atomic E-state index is 11.1. The molecule has 5 heteroatoms. The molecule has 1 aromatic heterocycles. The summed E-state index contributed by atoms with van der Waals surface area (Å²) >= 11 is 0. The van der Waals surface area contributed by atoms with Crippen LogP contribution < -0.4 is 16.0 Å². The normalized spacial score (nSPS) is 10.4. The number of nitrogens with one attached hydrogen (secondary N) is 1. The highest BCUT2D eigenvalue weighted by Gasteiger charge is 1.99. The van der Waals surface area contributed by atoms with Crippen molar-refractivity contribution < 1.29 is 9.53 Å². The summed E-state index contributed by atoms with van der Waals surface area (Å²) in [5, 5.41) is 0.905. The van der Waals surface area contributed by atoms with Crippen LogP contribution in [0.5, 0.6) is 5.75 Å². The summed E-state index contributed by atoms with van der Waals surface area (Å²) in [6.45, 7) is 0.442. The van der Waals surface area contributed by atoms with E-state index in [1.54, 1.807) is 18.2 Å². The number of ether oxygens (including phenoxy) is 1. The minimum absolute atomic E-state index is 0.127. The van der Waals surface area contributed by atoms with Crippen LogP contribution in [0.3, 0.4) is 0 Å². The average molecular weight is 246 g/mol. The van der Waals surface area contributed by atoms with Crippen LogP contribution in [0.25, 0.3) is 10.9 Å². The number of hydrogen-bond acceptors (Lipinski definition) is 3. The lowest BCUT2D eigenvalue weighted by Gasteiger charge is -2.06. The summed E-state index contributed by atoms with van der Waals surface area (Å²) in [6.07, 6.45) is 0.917. The van der Waals surface area contributed by atoms with Crippen molar-refractivity contribution in [3.8, 4) is 5.75 Å². The minimum Gasteiger partial charge on any atom is -0.494 e. The van der Waals surface area contributed by atoms with Gasteiger partial charge < -0.3 is 15.5 Å². The molecule has 0 fully saturated rings. The number of aromatic amines is 1. The molecular formula is C13H14N2O3. The predicted molar refractivity (Wildman–Crippen MR) is 68.5 cm³/mol. The van der Waals surface area contributed by atoms with Gasteiger partial charge in [0.15, 0.2) is 0 Å². The maximum Gasteiger partial charge on any atom is 0.248 e. The van der Waals surface area contributed by atoms with Gasteiger partial charge in [-0.3, -0.25) is 9.59 Å². The topological polar surface area (TPSA) is 85.2 Å². The Morgan fingerprint density at radius 2 is 2.11 bits per heavy atom. The molecule has 3 N–H and O–H groups in total. The van der Waals surface area contributed by atoms with Crippen molar-refractivity contribution in [1.29, 1.82) is 0 Å². The number of nitrogens with two attached hydrogens (primary N) is 1. The SMILES string of the molecule is NC(=O)CCCOc1ccc2[nH]c(=O)ccc2c1. The number of fused-ring (bicyclic) bond motifs is 1. The van der Waals surface area contributed by atoms with E-state index in [0.29, 0.717) is 25.2 Å². The summed E-state index contributed by atoms with van der Waals surface area (Å²) in [5.74, 6) is 0.383. The standard InChI is InChI=1S/C13H14N2O3/c14-12(16)2-1-7-18-10-4-5-11-9(8-10)3-6-13(17)15-11/h3-6,8H,1-2,7H2,(H2,14,16)(H,15,17). The third kappa shape index (κ3) is 3.10. The first kappa shape index (κ1) is 12.2. The van der Waals surface area contributed by atoms with Gasteiger partial charge >= 0.3 is 0 Å². The molecular weight excluding hydrogens is 232 g/mol. The maximum absolute atomic E-state index is 11.1. The monoisotopic (exact) mass is 246 g/mol. The Kier molecular flexibility index (Phi) is 3.62. The fourth-order valence-electron chi connectivity index (χ4n) is 1.66. The van der Waals surface area contributed by atoms with Crippen LogP contribution in [0.2, 0.25) is 0 Å². The summed E-state index contributed by atoms with van der Waals surface area (Å²) in [5.41, 5.74) is 5.68. The number of pyridine rings is 1. The fraction of sp³-hybridized carbons (Fsp3) is 0.231. The molecule has 0 aliphatic carbocycles. The molecule has 18 heavy (non-hydrogen) atoms. The van der Waals surface area contributed by atoms with Gasteiger partial charge in [0.05, 0.1) is 6.61 Å². The highest BCUT2D eigenvalue weighted by atomic mass is 16.5. The van der Waals surface area contributed by atoms with Crippen LogP contribution >= 0.6 is 0 Å². The summed E-state index contributed by atoms with van der Waals surface area (Å²) < 4.78 is 5.49. The quantitative estimate of drug-likeness (QED) is 0.776. The molecule has 0 aliphatic rings. The Morgan fingerprint density at radius 3 is 2.89 bits per heavy atom. The Balaban J connectivity index is 2.04. The van der Waals surface area contributed by atoms with Gasteiger partial charge in [-0.25, -0.2) is 0 Å². The van der Waals surface area contributed by atoms with Gasteiger partial charge in [0, 0.05) is 23.4 Å². The zero-order chi connectivity index (χ0) is 13.0. The molecule has 0 saturated carbocycles. The number of H-pyrrole nitrogens is 1. The van der Waals surface area contributed by atoms with Crippen molar-refractivity contribution in [3.63, 3.8) is 0 Å². The number of aromatic nitrogens is 1. The summed E-state index contributed by atoms with van der Waals surface area (Å²) in [7, 11) is 0. The molecule has 0 aliphatic heterocycles. The third-order valence-electron chi connectivity index (χ3n) is 2.53. The van der Waals surface area contributed by atoms with E-state index in [2.05, 4.69) is 4.98 Å². The van der Waals surface area contributed by atoms with Gasteiger partial charge in [-0.1, -0.05) is 0 Å². The second-order valence-corrected chi connectivity index (χ2v) is 3.99. The van der Waals surface area contributed by atoms with E-state index < -0.39 is 0 Å². The Bertz CT molecular complexity index is 619. The van der Waals surface area contributed by atoms with E-state index in [1.807, 2.05) is 6.07 Å². The Hall–Kier alpha value is -2.30. The van der Waals surface area contributed by atoms with Crippen LogP contribution in [-0.4, -0.2) is 17.5 Å². The number of carbonyl (C=O) groups is 1. The molecule has 2 rings (SSSR count). The highest BCUT2D eigenvalue weighted by Crippen LogP contribution is 2.18. The van der Waals surface area contributed by atoms with Crippen LogP contribution in [0, 0.1) is 0 Å². The Labute approximate surface area is 104 Å².